The molecule has 0 radical (unpaired) electrons. The predicted octanol–water partition coefficient (Wildman–Crippen LogP) is 4.21. The van der Waals surface area contributed by atoms with Gasteiger partial charge in [-0.2, -0.15) is 13.2 Å². The first kappa shape index (κ1) is 28.1. The molecular weight excluding hydrogens is 520 g/mol. The van der Waals surface area contributed by atoms with Crippen molar-refractivity contribution < 1.29 is 31.9 Å². The van der Waals surface area contributed by atoms with E-state index in [1.165, 1.54) is 12.4 Å². The number of likely N-dealkylation sites (tertiary alicyclic amines) is 1. The Morgan fingerprint density at radius 2 is 1.90 bits per heavy atom. The molecule has 4 rings (SSSR count). The number of ether oxygens (including phenoxy) is 1. The van der Waals surface area contributed by atoms with Crippen molar-refractivity contribution in [2.75, 3.05) is 49.7 Å². The maximum atomic E-state index is 15.0. The number of fused-ring (bicyclic) bond motifs is 1. The molecule has 2 atom stereocenters. The van der Waals surface area contributed by atoms with Crippen LogP contribution in [0.15, 0.2) is 41.4 Å². The summed E-state index contributed by atoms with van der Waals surface area (Å²) in [5, 5.41) is 8.58. The fourth-order valence-corrected chi connectivity index (χ4v) is 4.44. The summed E-state index contributed by atoms with van der Waals surface area (Å²) in [6, 6.07) is 7.54. The smallest absolute Gasteiger partial charge is 0.408 e. The van der Waals surface area contributed by atoms with Crippen molar-refractivity contribution >= 4 is 35.2 Å². The van der Waals surface area contributed by atoms with Gasteiger partial charge in [0.05, 0.1) is 17.6 Å². The van der Waals surface area contributed by atoms with E-state index >= 15 is 0 Å². The van der Waals surface area contributed by atoms with Gasteiger partial charge in [0.2, 0.25) is 11.8 Å². The summed E-state index contributed by atoms with van der Waals surface area (Å²) in [5.74, 6) is -1.67. The molecule has 9 nitrogen and oxygen atoms in total. The van der Waals surface area contributed by atoms with Crippen LogP contribution < -0.4 is 20.7 Å². The fourth-order valence-electron chi connectivity index (χ4n) is 4.44. The molecular formula is C26H30F4N6O3. The second-order valence-corrected chi connectivity index (χ2v) is 9.58. The van der Waals surface area contributed by atoms with Crippen LogP contribution in [0.3, 0.4) is 0 Å². The number of aliphatic imine (C=N–C) groups is 1. The van der Waals surface area contributed by atoms with E-state index in [1.54, 1.807) is 30.3 Å². The molecule has 2 aliphatic rings. The molecule has 2 amide bonds. The van der Waals surface area contributed by atoms with Crippen molar-refractivity contribution in [1.29, 1.82) is 0 Å². The van der Waals surface area contributed by atoms with Gasteiger partial charge in [-0.1, -0.05) is 0 Å². The summed E-state index contributed by atoms with van der Waals surface area (Å²) < 4.78 is 60.0. The maximum absolute atomic E-state index is 15.0. The monoisotopic (exact) mass is 550 g/mol. The van der Waals surface area contributed by atoms with E-state index < -0.39 is 42.4 Å². The van der Waals surface area contributed by atoms with Gasteiger partial charge in [-0.3, -0.25) is 9.59 Å². The number of anilines is 3. The zero-order valence-corrected chi connectivity index (χ0v) is 21.5. The van der Waals surface area contributed by atoms with Gasteiger partial charge >= 0.3 is 6.18 Å². The predicted molar refractivity (Wildman–Crippen MR) is 139 cm³/mol. The molecule has 0 aliphatic carbocycles. The van der Waals surface area contributed by atoms with Crippen LogP contribution in [0.4, 0.5) is 34.6 Å². The summed E-state index contributed by atoms with van der Waals surface area (Å²) in [6.07, 6.45) is -4.39. The number of carbonyl (C=O) groups excluding carboxylic acids is 2. The molecule has 0 spiro atoms. The standard InChI is InChI=1S/C26H30F4N6O3/c1-35(2)10-11-39-18-12-19(27)24-20(13-18)31-15-32-25(24)34-17-7-5-16(6-8-17)33-22(37)14-23(38)36-9-3-4-21(36)26(28,29)30/h5-8,12-13,15,21,25,34H,3-4,9-11,14H2,1-2H3,(H,31,32)(H,33,37). The Labute approximate surface area is 223 Å². The molecule has 2 heterocycles. The van der Waals surface area contributed by atoms with E-state index in [0.29, 0.717) is 41.5 Å². The third-order valence-corrected chi connectivity index (χ3v) is 6.36. The van der Waals surface area contributed by atoms with Gasteiger partial charge in [0.1, 0.15) is 30.6 Å². The van der Waals surface area contributed by atoms with E-state index in [-0.39, 0.29) is 19.4 Å². The van der Waals surface area contributed by atoms with E-state index in [9.17, 15) is 27.2 Å². The van der Waals surface area contributed by atoms with Gasteiger partial charge in [-0.25, -0.2) is 9.38 Å². The number of hydrogen-bond donors (Lipinski definition) is 3. The normalized spacial score (nSPS) is 18.5. The Hall–Kier alpha value is -3.87. The lowest BCUT2D eigenvalue weighted by Crippen LogP contribution is -2.45. The van der Waals surface area contributed by atoms with Gasteiger partial charge in [-0.05, 0) is 51.2 Å². The van der Waals surface area contributed by atoms with Crippen LogP contribution in [0.5, 0.6) is 5.75 Å². The molecule has 13 heteroatoms. The van der Waals surface area contributed by atoms with Gasteiger partial charge in [0.15, 0.2) is 6.17 Å². The van der Waals surface area contributed by atoms with Gasteiger partial charge < -0.3 is 30.5 Å². The highest BCUT2D eigenvalue weighted by Crippen LogP contribution is 2.36. The number of halogens is 4. The van der Waals surface area contributed by atoms with Crippen LogP contribution in [0.25, 0.3) is 0 Å². The Morgan fingerprint density at radius 3 is 2.59 bits per heavy atom. The molecule has 0 aromatic heterocycles. The Balaban J connectivity index is 1.34. The first-order valence-corrected chi connectivity index (χ1v) is 12.4. The summed E-state index contributed by atoms with van der Waals surface area (Å²) in [7, 11) is 3.83. The van der Waals surface area contributed by atoms with E-state index in [1.807, 2.05) is 19.0 Å². The minimum absolute atomic E-state index is 0.0235. The summed E-state index contributed by atoms with van der Waals surface area (Å²) in [6.45, 7) is 1.07. The van der Waals surface area contributed by atoms with E-state index in [0.717, 1.165) is 4.90 Å². The van der Waals surface area contributed by atoms with E-state index in [2.05, 4.69) is 20.9 Å². The maximum Gasteiger partial charge on any atom is 0.408 e. The Morgan fingerprint density at radius 1 is 1.18 bits per heavy atom. The van der Waals surface area contributed by atoms with Crippen molar-refractivity contribution in [1.82, 2.24) is 9.80 Å². The molecule has 1 fully saturated rings. The molecule has 39 heavy (non-hydrogen) atoms. The second kappa shape index (κ2) is 11.9. The average Bonchev–Trinajstić information content (AvgIpc) is 3.36. The van der Waals surface area contributed by atoms with Crippen LogP contribution in [-0.2, 0) is 9.59 Å². The number of hydrogen-bond acceptors (Lipinski definition) is 7. The second-order valence-electron chi connectivity index (χ2n) is 9.58. The van der Waals surface area contributed by atoms with Crippen LogP contribution in [0.1, 0.15) is 31.0 Å². The quantitative estimate of drug-likeness (QED) is 0.320. The Kier molecular flexibility index (Phi) is 8.58. The minimum atomic E-state index is -4.52. The Bertz CT molecular complexity index is 1220. The fraction of sp³-hybridized carbons (Fsp3) is 0.423. The lowest BCUT2D eigenvalue weighted by atomic mass is 10.1. The number of carbonyl (C=O) groups is 2. The van der Waals surface area contributed by atoms with Crippen molar-refractivity contribution in [2.45, 2.75) is 37.6 Å². The largest absolute Gasteiger partial charge is 0.492 e. The average molecular weight is 551 g/mol. The number of rotatable bonds is 9. The molecule has 2 aliphatic heterocycles. The lowest BCUT2D eigenvalue weighted by molar-refractivity contribution is -0.182. The highest BCUT2D eigenvalue weighted by Gasteiger charge is 2.47. The van der Waals surface area contributed by atoms with Crippen LogP contribution >= 0.6 is 0 Å². The van der Waals surface area contributed by atoms with Gasteiger partial charge in [-0.15, -0.1) is 0 Å². The van der Waals surface area contributed by atoms with Crippen LogP contribution in [0, 0.1) is 5.82 Å². The number of nitrogens with one attached hydrogen (secondary N) is 3. The minimum Gasteiger partial charge on any atom is -0.492 e. The van der Waals surface area contributed by atoms with Crippen molar-refractivity contribution in [3.05, 3.63) is 47.8 Å². The number of nitrogens with zero attached hydrogens (tertiary/aromatic N) is 3. The molecule has 2 unspecified atom stereocenters. The van der Waals surface area contributed by atoms with Gasteiger partial charge in [0, 0.05) is 36.6 Å². The van der Waals surface area contributed by atoms with Crippen molar-refractivity contribution in [3.63, 3.8) is 0 Å². The third kappa shape index (κ3) is 7.16. The SMILES string of the molecule is CN(C)CCOc1cc(F)c2c(c1)NC=NC2Nc1ccc(NC(=O)CC(=O)N2CCCC2C(F)(F)F)cc1. The number of likely N-dealkylation sites (N-methyl/N-ethyl adjacent to an activating group) is 1. The molecule has 2 aromatic rings. The number of amides is 2. The van der Waals surface area contributed by atoms with Crippen LogP contribution in [-0.4, -0.2) is 74.0 Å². The molecule has 0 saturated carbocycles. The summed E-state index contributed by atoms with van der Waals surface area (Å²) in [4.78, 5) is 31.6. The van der Waals surface area contributed by atoms with Crippen molar-refractivity contribution in [2.24, 2.45) is 4.99 Å². The highest BCUT2D eigenvalue weighted by atomic mass is 19.4. The van der Waals surface area contributed by atoms with Crippen LogP contribution in [0.2, 0.25) is 0 Å². The third-order valence-electron chi connectivity index (χ3n) is 6.36. The highest BCUT2D eigenvalue weighted by molar-refractivity contribution is 6.03. The molecule has 210 valence electrons. The zero-order valence-electron chi connectivity index (χ0n) is 21.5. The molecule has 0 bridgehead atoms. The first-order valence-electron chi connectivity index (χ1n) is 12.4. The zero-order chi connectivity index (χ0) is 28.2. The molecule has 3 N–H and O–H groups in total. The topological polar surface area (TPSA) is 98.3 Å². The number of benzene rings is 2. The molecule has 2 aromatic carbocycles. The lowest BCUT2D eigenvalue weighted by Gasteiger charge is -2.26. The van der Waals surface area contributed by atoms with Gasteiger partial charge in [0.25, 0.3) is 0 Å². The van der Waals surface area contributed by atoms with E-state index in [4.69, 9.17) is 4.74 Å². The number of alkyl halides is 3. The summed E-state index contributed by atoms with van der Waals surface area (Å²) >= 11 is 0. The molecule has 1 saturated heterocycles. The van der Waals surface area contributed by atoms with Crippen molar-refractivity contribution in [3.8, 4) is 5.75 Å². The summed E-state index contributed by atoms with van der Waals surface area (Å²) in [5.41, 5.74) is 1.76. The first-order chi connectivity index (χ1) is 18.5.